The molecule has 1 aliphatic heterocycles. The maximum atomic E-state index is 12.0. The van der Waals surface area contributed by atoms with Crippen LogP contribution in [0.25, 0.3) is 0 Å². The van der Waals surface area contributed by atoms with E-state index in [1.807, 2.05) is 31.2 Å². The fourth-order valence-corrected chi connectivity index (χ4v) is 2.92. The second-order valence-corrected chi connectivity index (χ2v) is 6.01. The smallest absolute Gasteiger partial charge is 0.319 e. The van der Waals surface area contributed by atoms with Crippen molar-refractivity contribution in [3.8, 4) is 0 Å². The second-order valence-electron chi connectivity index (χ2n) is 6.01. The molecule has 1 saturated heterocycles. The standard InChI is InChI=1S/C16H23N3O/c1-12-3-2-4-14(11-12)18-16(20)17-13-7-9-19(10-8-13)15-5-6-15/h2-4,11,13,15H,5-10H2,1H3,(H2,17,18,20). The highest BCUT2D eigenvalue weighted by atomic mass is 16.2. The second kappa shape index (κ2) is 5.83. The van der Waals surface area contributed by atoms with Crippen molar-refractivity contribution in [3.63, 3.8) is 0 Å². The van der Waals surface area contributed by atoms with Gasteiger partial charge in [0.2, 0.25) is 0 Å². The molecular formula is C16H23N3O. The molecule has 2 N–H and O–H groups in total. The Kier molecular flexibility index (Phi) is 3.92. The quantitative estimate of drug-likeness (QED) is 0.889. The summed E-state index contributed by atoms with van der Waals surface area (Å²) in [5, 5.41) is 6.00. The van der Waals surface area contributed by atoms with Crippen LogP contribution in [0.2, 0.25) is 0 Å². The van der Waals surface area contributed by atoms with Gasteiger partial charge < -0.3 is 15.5 Å². The number of urea groups is 1. The molecule has 1 aromatic carbocycles. The zero-order chi connectivity index (χ0) is 13.9. The lowest BCUT2D eigenvalue weighted by atomic mass is 10.1. The number of piperidine rings is 1. The average Bonchev–Trinajstić information content (AvgIpc) is 3.24. The number of carbonyl (C=O) groups excluding carboxylic acids is 1. The molecule has 20 heavy (non-hydrogen) atoms. The van der Waals surface area contributed by atoms with Crippen LogP contribution in [0.3, 0.4) is 0 Å². The van der Waals surface area contributed by atoms with Crippen LogP contribution in [0, 0.1) is 6.92 Å². The van der Waals surface area contributed by atoms with Gasteiger partial charge in [-0.1, -0.05) is 12.1 Å². The van der Waals surface area contributed by atoms with E-state index in [9.17, 15) is 4.79 Å². The van der Waals surface area contributed by atoms with Gasteiger partial charge in [0.15, 0.2) is 0 Å². The molecule has 1 aromatic rings. The number of likely N-dealkylation sites (tertiary alicyclic amines) is 1. The minimum atomic E-state index is -0.0829. The van der Waals surface area contributed by atoms with E-state index >= 15 is 0 Å². The molecule has 4 nitrogen and oxygen atoms in total. The molecule has 0 radical (unpaired) electrons. The summed E-state index contributed by atoms with van der Waals surface area (Å²) in [6.07, 6.45) is 4.87. The molecule has 3 rings (SSSR count). The van der Waals surface area contributed by atoms with Crippen molar-refractivity contribution in [2.75, 3.05) is 18.4 Å². The van der Waals surface area contributed by atoms with Gasteiger partial charge in [0.05, 0.1) is 0 Å². The predicted octanol–water partition coefficient (Wildman–Crippen LogP) is 2.74. The van der Waals surface area contributed by atoms with Crippen LogP contribution in [0.4, 0.5) is 10.5 Å². The van der Waals surface area contributed by atoms with Crippen molar-refractivity contribution in [3.05, 3.63) is 29.8 Å². The number of benzene rings is 1. The molecule has 0 atom stereocenters. The summed E-state index contributed by atoms with van der Waals surface area (Å²) in [5.74, 6) is 0. The van der Waals surface area contributed by atoms with Crippen LogP contribution in [0.15, 0.2) is 24.3 Å². The first kappa shape index (κ1) is 13.4. The molecule has 0 spiro atoms. The largest absolute Gasteiger partial charge is 0.335 e. The van der Waals surface area contributed by atoms with E-state index in [2.05, 4.69) is 15.5 Å². The lowest BCUT2D eigenvalue weighted by Gasteiger charge is -2.32. The van der Waals surface area contributed by atoms with Gasteiger partial charge in [-0.25, -0.2) is 4.79 Å². The summed E-state index contributed by atoms with van der Waals surface area (Å²) >= 11 is 0. The Morgan fingerprint density at radius 1 is 1.20 bits per heavy atom. The van der Waals surface area contributed by atoms with Crippen LogP contribution in [-0.4, -0.2) is 36.1 Å². The van der Waals surface area contributed by atoms with Gasteiger partial charge in [0.1, 0.15) is 0 Å². The average molecular weight is 273 g/mol. The molecule has 0 bridgehead atoms. The highest BCUT2D eigenvalue weighted by Gasteiger charge is 2.32. The van der Waals surface area contributed by atoms with Crippen molar-refractivity contribution in [2.45, 2.75) is 44.7 Å². The van der Waals surface area contributed by atoms with E-state index in [1.165, 1.54) is 12.8 Å². The first-order valence-electron chi connectivity index (χ1n) is 7.59. The molecule has 0 aromatic heterocycles. The fourth-order valence-electron chi connectivity index (χ4n) is 2.92. The molecule has 2 aliphatic rings. The van der Waals surface area contributed by atoms with E-state index in [1.54, 1.807) is 0 Å². The summed E-state index contributed by atoms with van der Waals surface area (Å²) < 4.78 is 0. The maximum absolute atomic E-state index is 12.0. The maximum Gasteiger partial charge on any atom is 0.319 e. The third-order valence-electron chi connectivity index (χ3n) is 4.20. The van der Waals surface area contributed by atoms with Crippen LogP contribution in [-0.2, 0) is 0 Å². The Morgan fingerprint density at radius 3 is 2.60 bits per heavy atom. The monoisotopic (exact) mass is 273 g/mol. The minimum Gasteiger partial charge on any atom is -0.335 e. The van der Waals surface area contributed by atoms with Crippen LogP contribution in [0.5, 0.6) is 0 Å². The van der Waals surface area contributed by atoms with E-state index in [0.717, 1.165) is 43.2 Å². The molecule has 0 unspecified atom stereocenters. The van der Waals surface area contributed by atoms with Crippen LogP contribution >= 0.6 is 0 Å². The van der Waals surface area contributed by atoms with Gasteiger partial charge in [-0.05, 0) is 50.3 Å². The summed E-state index contributed by atoms with van der Waals surface area (Å²) in [5.41, 5.74) is 2.01. The van der Waals surface area contributed by atoms with E-state index in [4.69, 9.17) is 0 Å². The van der Waals surface area contributed by atoms with Crippen molar-refractivity contribution in [1.29, 1.82) is 0 Å². The van der Waals surface area contributed by atoms with Crippen LogP contribution in [0.1, 0.15) is 31.2 Å². The number of carbonyl (C=O) groups is 1. The Hall–Kier alpha value is -1.55. The highest BCUT2D eigenvalue weighted by molar-refractivity contribution is 5.89. The zero-order valence-corrected chi connectivity index (χ0v) is 12.1. The number of hydrogen-bond donors (Lipinski definition) is 2. The molecule has 2 fully saturated rings. The molecule has 1 aliphatic carbocycles. The lowest BCUT2D eigenvalue weighted by molar-refractivity contribution is 0.189. The Labute approximate surface area is 120 Å². The normalized spacial score (nSPS) is 20.6. The Bertz CT molecular complexity index is 476. The lowest BCUT2D eigenvalue weighted by Crippen LogP contribution is -2.46. The molecule has 4 heteroatoms. The predicted molar refractivity (Wildman–Crippen MR) is 81.0 cm³/mol. The van der Waals surface area contributed by atoms with Gasteiger partial charge in [-0.2, -0.15) is 0 Å². The van der Waals surface area contributed by atoms with Gasteiger partial charge in [0, 0.05) is 30.9 Å². The van der Waals surface area contributed by atoms with E-state index in [-0.39, 0.29) is 6.03 Å². The van der Waals surface area contributed by atoms with Gasteiger partial charge in [0.25, 0.3) is 0 Å². The first-order chi connectivity index (χ1) is 9.70. The van der Waals surface area contributed by atoms with Crippen LogP contribution < -0.4 is 10.6 Å². The molecule has 1 heterocycles. The summed E-state index contributed by atoms with van der Waals surface area (Å²) in [6.45, 7) is 4.27. The first-order valence-corrected chi connectivity index (χ1v) is 7.59. The minimum absolute atomic E-state index is 0.0829. The molecular weight excluding hydrogens is 250 g/mol. The SMILES string of the molecule is Cc1cccc(NC(=O)NC2CCN(C3CC3)CC2)c1. The topological polar surface area (TPSA) is 44.4 Å². The number of nitrogens with zero attached hydrogens (tertiary/aromatic N) is 1. The van der Waals surface area contributed by atoms with Crippen molar-refractivity contribution < 1.29 is 4.79 Å². The summed E-state index contributed by atoms with van der Waals surface area (Å²) in [4.78, 5) is 14.6. The third-order valence-corrected chi connectivity index (χ3v) is 4.20. The van der Waals surface area contributed by atoms with E-state index < -0.39 is 0 Å². The molecule has 108 valence electrons. The number of anilines is 1. The zero-order valence-electron chi connectivity index (χ0n) is 12.1. The number of rotatable bonds is 3. The van der Waals surface area contributed by atoms with Crippen molar-refractivity contribution >= 4 is 11.7 Å². The molecule has 2 amide bonds. The van der Waals surface area contributed by atoms with E-state index in [0.29, 0.717) is 6.04 Å². The van der Waals surface area contributed by atoms with Crippen molar-refractivity contribution in [2.24, 2.45) is 0 Å². The number of nitrogens with one attached hydrogen (secondary N) is 2. The van der Waals surface area contributed by atoms with Gasteiger partial charge in [-0.15, -0.1) is 0 Å². The Balaban J connectivity index is 1.44. The third kappa shape index (κ3) is 3.51. The van der Waals surface area contributed by atoms with Gasteiger partial charge >= 0.3 is 6.03 Å². The Morgan fingerprint density at radius 2 is 1.95 bits per heavy atom. The fraction of sp³-hybridized carbons (Fsp3) is 0.562. The highest BCUT2D eigenvalue weighted by Crippen LogP contribution is 2.29. The molecule has 1 saturated carbocycles. The summed E-state index contributed by atoms with van der Waals surface area (Å²) in [6, 6.07) is 8.96. The number of aryl methyl sites for hydroxylation is 1. The summed E-state index contributed by atoms with van der Waals surface area (Å²) in [7, 11) is 0. The van der Waals surface area contributed by atoms with Crippen molar-refractivity contribution in [1.82, 2.24) is 10.2 Å². The number of hydrogen-bond acceptors (Lipinski definition) is 2. The van der Waals surface area contributed by atoms with Gasteiger partial charge in [-0.3, -0.25) is 0 Å². The number of amides is 2.